The highest BCUT2D eigenvalue weighted by Gasteiger charge is 2.54. The minimum absolute atomic E-state index is 0.0516. The molecule has 0 radical (unpaired) electrons. The van der Waals surface area contributed by atoms with Gasteiger partial charge in [0.25, 0.3) is 11.8 Å². The minimum Gasteiger partial charge on any atom is -0.477 e. The van der Waals surface area contributed by atoms with Gasteiger partial charge in [0.15, 0.2) is 10.8 Å². The Hall–Kier alpha value is -3.69. The maximum Gasteiger partial charge on any atom is 0.352 e. The summed E-state index contributed by atoms with van der Waals surface area (Å²) in [5.74, 6) is -2.03. The molecule has 15 nitrogen and oxygen atoms in total. The van der Waals surface area contributed by atoms with Crippen LogP contribution < -0.4 is 11.1 Å². The largest absolute Gasteiger partial charge is 0.477 e. The van der Waals surface area contributed by atoms with Gasteiger partial charge < -0.3 is 21.0 Å². The Morgan fingerprint density at radius 2 is 2.27 bits per heavy atom. The number of thioether (sulfide) groups is 2. The number of aromatic nitrogens is 5. The summed E-state index contributed by atoms with van der Waals surface area (Å²) in [6, 6.07) is 0.972. The van der Waals surface area contributed by atoms with Crippen molar-refractivity contribution >= 4 is 63.5 Å². The molecular formula is C19H20N10O5S3. The Kier molecular flexibility index (Phi) is 7.94. The van der Waals surface area contributed by atoms with Gasteiger partial charge in [0.2, 0.25) is 5.16 Å². The van der Waals surface area contributed by atoms with Gasteiger partial charge >= 0.3 is 5.97 Å². The average Bonchev–Trinajstić information content (AvgIpc) is 3.49. The Balaban J connectivity index is 1.49. The number of nitrogens with one attached hydrogen (secondary N) is 1. The smallest absolute Gasteiger partial charge is 0.352 e. The topological polar surface area (TPSA) is 215 Å². The van der Waals surface area contributed by atoms with Crippen molar-refractivity contribution in [3.63, 3.8) is 0 Å². The van der Waals surface area contributed by atoms with E-state index in [1.165, 1.54) is 16.4 Å². The second kappa shape index (κ2) is 11.1. The number of oxime groups is 1. The highest BCUT2D eigenvalue weighted by atomic mass is 32.2. The lowest BCUT2D eigenvalue weighted by molar-refractivity contribution is -0.150. The van der Waals surface area contributed by atoms with Gasteiger partial charge in [-0.25, -0.2) is 14.5 Å². The van der Waals surface area contributed by atoms with Crippen molar-refractivity contribution in [2.45, 2.75) is 43.1 Å². The number of anilines is 1. The Morgan fingerprint density at radius 1 is 1.49 bits per heavy atom. The van der Waals surface area contributed by atoms with E-state index < -0.39 is 29.2 Å². The number of nitrogen functional groups attached to an aromatic ring is 1. The van der Waals surface area contributed by atoms with Gasteiger partial charge in [-0.3, -0.25) is 14.5 Å². The van der Waals surface area contributed by atoms with E-state index in [9.17, 15) is 19.5 Å². The molecule has 0 saturated carbocycles. The molecular weight excluding hydrogens is 544 g/mol. The minimum atomic E-state index is -1.26. The number of β-lactam (4-membered cyclic amide) rings is 1. The number of nitrogens with zero attached hydrogens (tertiary/aromatic N) is 8. The lowest BCUT2D eigenvalue weighted by Crippen LogP contribution is -2.71. The van der Waals surface area contributed by atoms with E-state index in [0.29, 0.717) is 16.5 Å². The van der Waals surface area contributed by atoms with Gasteiger partial charge in [-0.15, -0.1) is 28.2 Å². The lowest BCUT2D eigenvalue weighted by Gasteiger charge is -2.49. The summed E-state index contributed by atoms with van der Waals surface area (Å²) >= 11 is 3.60. The maximum atomic E-state index is 13.0. The van der Waals surface area contributed by atoms with E-state index >= 15 is 0 Å². The Labute approximate surface area is 222 Å². The molecule has 37 heavy (non-hydrogen) atoms. The number of rotatable bonds is 10. The predicted molar refractivity (Wildman–Crippen MR) is 133 cm³/mol. The first-order valence-corrected chi connectivity index (χ1v) is 13.5. The molecule has 2 aliphatic rings. The highest BCUT2D eigenvalue weighted by molar-refractivity contribution is 8.01. The molecule has 2 amide bonds. The summed E-state index contributed by atoms with van der Waals surface area (Å²) in [5, 5.41) is 37.9. The van der Waals surface area contributed by atoms with Crippen LogP contribution in [-0.4, -0.2) is 87.7 Å². The number of nitrogens with two attached hydrogens (primary N) is 1. The maximum absolute atomic E-state index is 13.0. The number of hydrogen-bond acceptors (Lipinski definition) is 14. The van der Waals surface area contributed by atoms with Crippen LogP contribution in [0.15, 0.2) is 27.0 Å². The highest BCUT2D eigenvalue weighted by Crippen LogP contribution is 2.41. The number of aliphatic carboxylic acids is 1. The summed E-state index contributed by atoms with van der Waals surface area (Å²) in [6.45, 7) is 3.42. The van der Waals surface area contributed by atoms with Crippen molar-refractivity contribution in [1.82, 2.24) is 35.4 Å². The number of fused-ring (bicyclic) bond motifs is 1. The van der Waals surface area contributed by atoms with Crippen LogP contribution in [0.25, 0.3) is 0 Å². The molecule has 0 aromatic carbocycles. The number of thiazole rings is 1. The third-order valence-corrected chi connectivity index (χ3v) is 8.02. The molecule has 4 heterocycles. The molecule has 2 atom stereocenters. The summed E-state index contributed by atoms with van der Waals surface area (Å²) < 4.78 is 1.29. The van der Waals surface area contributed by atoms with E-state index in [4.69, 9.17) is 15.8 Å². The molecule has 2 aromatic heterocycles. The second-order valence-corrected chi connectivity index (χ2v) is 10.8. The van der Waals surface area contributed by atoms with E-state index in [1.807, 2.05) is 6.07 Å². The van der Waals surface area contributed by atoms with E-state index in [0.717, 1.165) is 28.0 Å². The summed E-state index contributed by atoms with van der Waals surface area (Å²) in [6.07, 6.45) is -0.308. The molecule has 18 heteroatoms. The second-order valence-electron chi connectivity index (χ2n) is 7.85. The van der Waals surface area contributed by atoms with Crippen molar-refractivity contribution in [1.29, 1.82) is 5.26 Å². The number of amides is 2. The van der Waals surface area contributed by atoms with Crippen LogP contribution in [0.1, 0.15) is 19.5 Å². The number of tetrazole rings is 1. The third kappa shape index (κ3) is 5.52. The molecule has 1 fully saturated rings. The van der Waals surface area contributed by atoms with E-state index in [2.05, 4.69) is 31.0 Å². The molecule has 4 N–H and O–H groups in total. The summed E-state index contributed by atoms with van der Waals surface area (Å²) in [5.41, 5.74) is 6.09. The van der Waals surface area contributed by atoms with Crippen LogP contribution in [-0.2, 0) is 25.8 Å². The van der Waals surface area contributed by atoms with Crippen molar-refractivity contribution in [2.24, 2.45) is 5.16 Å². The van der Waals surface area contributed by atoms with Gasteiger partial charge in [-0.1, -0.05) is 16.9 Å². The van der Waals surface area contributed by atoms with Crippen molar-refractivity contribution in [3.05, 3.63) is 22.3 Å². The van der Waals surface area contributed by atoms with E-state index in [1.54, 1.807) is 19.2 Å². The fourth-order valence-corrected chi connectivity index (χ4v) is 6.29. The van der Waals surface area contributed by atoms with Crippen LogP contribution in [0.2, 0.25) is 0 Å². The molecule has 1 unspecified atom stereocenters. The fourth-order valence-electron chi connectivity index (χ4n) is 3.38. The van der Waals surface area contributed by atoms with Gasteiger partial charge in [0, 0.05) is 16.9 Å². The lowest BCUT2D eigenvalue weighted by atomic mass is 10.0. The van der Waals surface area contributed by atoms with Gasteiger partial charge in [0.05, 0.1) is 6.07 Å². The Bertz CT molecular complexity index is 1330. The van der Waals surface area contributed by atoms with Crippen molar-refractivity contribution < 1.29 is 24.3 Å². The number of nitriles is 1. The summed E-state index contributed by atoms with van der Waals surface area (Å²) in [7, 11) is 0. The molecule has 194 valence electrons. The normalized spacial score (nSPS) is 19.4. The monoisotopic (exact) mass is 564 g/mol. The standard InChI is InChI=1S/C19H20N10O5S3/c1-8(2)34-25-11(10-7-36-18(21)22-10)14(30)23-12-15(31)29-13(17(32)33)9(5-35-16(12)29)6-37-19-24-26-27-28(19)4-3-20/h7-8,12,16H,4-6H2,1-2H3,(H2,21,22)(H,23,30)(H,32,33)/b25-11-/t12?,16-/m1/s1. The van der Waals surface area contributed by atoms with Gasteiger partial charge in [-0.2, -0.15) is 5.26 Å². The molecule has 0 aliphatic carbocycles. The van der Waals surface area contributed by atoms with Crippen LogP contribution in [0.4, 0.5) is 5.13 Å². The molecule has 0 spiro atoms. The summed E-state index contributed by atoms with van der Waals surface area (Å²) in [4.78, 5) is 48.6. The molecule has 2 aromatic rings. The van der Waals surface area contributed by atoms with Crippen LogP contribution >= 0.6 is 34.9 Å². The number of carbonyl (C=O) groups excluding carboxylic acids is 2. The van der Waals surface area contributed by atoms with Crippen LogP contribution in [0.5, 0.6) is 0 Å². The van der Waals surface area contributed by atoms with Crippen molar-refractivity contribution in [2.75, 3.05) is 17.2 Å². The van der Waals surface area contributed by atoms with Crippen LogP contribution in [0.3, 0.4) is 0 Å². The quantitative estimate of drug-likeness (QED) is 0.149. The zero-order chi connectivity index (χ0) is 26.7. The van der Waals surface area contributed by atoms with Gasteiger partial charge in [0.1, 0.15) is 35.5 Å². The predicted octanol–water partition coefficient (Wildman–Crippen LogP) is -0.105. The first kappa shape index (κ1) is 26.4. The molecule has 1 saturated heterocycles. The van der Waals surface area contributed by atoms with E-state index in [-0.39, 0.29) is 40.6 Å². The van der Waals surface area contributed by atoms with Crippen molar-refractivity contribution in [3.8, 4) is 6.07 Å². The number of hydrogen-bond donors (Lipinski definition) is 3. The SMILES string of the molecule is CC(C)O/N=C(\C(=O)NC1C(=O)N2C(C(=O)O)=C(CSc3nnnn3CC#N)CS[C@H]12)c1csc(N)n1. The molecule has 0 bridgehead atoms. The molecule has 2 aliphatic heterocycles. The van der Waals surface area contributed by atoms with Gasteiger partial charge in [-0.05, 0) is 29.8 Å². The first-order valence-electron chi connectivity index (χ1n) is 10.6. The zero-order valence-electron chi connectivity index (χ0n) is 19.4. The third-order valence-electron chi connectivity index (χ3n) is 4.97. The number of carboxylic acids is 1. The Morgan fingerprint density at radius 3 is 2.92 bits per heavy atom. The first-order chi connectivity index (χ1) is 17.7. The zero-order valence-corrected chi connectivity index (χ0v) is 21.8. The fraction of sp³-hybridized carbons (Fsp3) is 0.421. The number of carboxylic acid groups (broad SMARTS) is 1. The average molecular weight is 565 g/mol. The molecule has 4 rings (SSSR count). The number of carbonyl (C=O) groups is 3. The van der Waals surface area contributed by atoms with Crippen LogP contribution in [0, 0.1) is 11.3 Å².